The van der Waals surface area contributed by atoms with E-state index in [4.69, 9.17) is 17.3 Å². The Balaban J connectivity index is 1.73. The summed E-state index contributed by atoms with van der Waals surface area (Å²) in [7, 11) is 0. The van der Waals surface area contributed by atoms with E-state index in [0.29, 0.717) is 31.0 Å². The van der Waals surface area contributed by atoms with E-state index in [0.717, 1.165) is 0 Å². The lowest BCUT2D eigenvalue weighted by Crippen LogP contribution is -2.60. The molecule has 6 nitrogen and oxygen atoms in total. The molecule has 2 amide bonds. The SMILES string of the molecule is CC(C)C1CN(C(=O)Nc2cccc(F)c2)CCN1C(N)=Nc1ccc(F)cc1Cl. The van der Waals surface area contributed by atoms with Crippen LogP contribution in [-0.2, 0) is 0 Å². The first-order chi connectivity index (χ1) is 14.2. The van der Waals surface area contributed by atoms with Gasteiger partial charge in [-0.05, 0) is 42.3 Å². The molecule has 9 heteroatoms. The van der Waals surface area contributed by atoms with Crippen LogP contribution in [0.3, 0.4) is 0 Å². The summed E-state index contributed by atoms with van der Waals surface area (Å²) in [5.74, 6) is -0.434. The molecule has 0 radical (unpaired) electrons. The molecule has 160 valence electrons. The van der Waals surface area contributed by atoms with Crippen molar-refractivity contribution in [2.24, 2.45) is 16.6 Å². The number of nitrogens with two attached hydrogens (primary N) is 1. The fourth-order valence-electron chi connectivity index (χ4n) is 3.38. The number of hydrogen-bond acceptors (Lipinski definition) is 2. The predicted molar refractivity (Wildman–Crippen MR) is 115 cm³/mol. The van der Waals surface area contributed by atoms with Crippen LogP contribution >= 0.6 is 11.6 Å². The number of nitrogens with zero attached hydrogens (tertiary/aromatic N) is 3. The first-order valence-corrected chi connectivity index (χ1v) is 9.99. The molecule has 0 saturated carbocycles. The molecule has 3 N–H and O–H groups in total. The summed E-state index contributed by atoms with van der Waals surface area (Å²) in [6, 6.07) is 9.30. The van der Waals surface area contributed by atoms with Crippen molar-refractivity contribution in [2.75, 3.05) is 25.0 Å². The first kappa shape index (κ1) is 21.8. The van der Waals surface area contributed by atoms with Gasteiger partial charge in [-0.15, -0.1) is 0 Å². The Labute approximate surface area is 179 Å². The van der Waals surface area contributed by atoms with E-state index >= 15 is 0 Å². The standard InChI is InChI=1S/C21H24ClF2N5O/c1-13(2)19-12-28(21(30)26-16-5-3-4-14(23)10-16)8-9-29(19)20(25)27-18-7-6-15(24)11-17(18)22/h3-7,10-11,13,19H,8-9,12H2,1-2H3,(H2,25,27)(H,26,30). The molecule has 2 aromatic rings. The number of nitrogens with one attached hydrogen (secondary N) is 1. The third kappa shape index (κ3) is 5.18. The van der Waals surface area contributed by atoms with Crippen LogP contribution in [0.5, 0.6) is 0 Å². The Hall–Kier alpha value is -2.87. The Bertz CT molecular complexity index is 953. The van der Waals surface area contributed by atoms with Crippen molar-refractivity contribution in [3.8, 4) is 0 Å². The summed E-state index contributed by atoms with van der Waals surface area (Å²) in [6.07, 6.45) is 0. The lowest BCUT2D eigenvalue weighted by atomic mass is 10.00. The second-order valence-corrected chi connectivity index (χ2v) is 7.86. The van der Waals surface area contributed by atoms with Crippen LogP contribution in [0.25, 0.3) is 0 Å². The van der Waals surface area contributed by atoms with Gasteiger partial charge in [0.05, 0.1) is 16.8 Å². The molecule has 1 aliphatic heterocycles. The van der Waals surface area contributed by atoms with Gasteiger partial charge in [0, 0.05) is 25.3 Å². The highest BCUT2D eigenvalue weighted by molar-refractivity contribution is 6.33. The Morgan fingerprint density at radius 1 is 1.20 bits per heavy atom. The highest BCUT2D eigenvalue weighted by Crippen LogP contribution is 2.26. The smallest absolute Gasteiger partial charge is 0.321 e. The summed E-state index contributed by atoms with van der Waals surface area (Å²) < 4.78 is 26.6. The zero-order valence-corrected chi connectivity index (χ0v) is 17.5. The van der Waals surface area contributed by atoms with Crippen LogP contribution in [-0.4, -0.2) is 47.5 Å². The van der Waals surface area contributed by atoms with Crippen molar-refractivity contribution < 1.29 is 13.6 Å². The summed E-state index contributed by atoms with van der Waals surface area (Å²) in [4.78, 5) is 20.6. The molecule has 1 atom stereocenters. The fraction of sp³-hybridized carbons (Fsp3) is 0.333. The summed E-state index contributed by atoms with van der Waals surface area (Å²) in [5, 5.41) is 2.90. The molecule has 0 bridgehead atoms. The van der Waals surface area contributed by atoms with Crippen molar-refractivity contribution in [2.45, 2.75) is 19.9 Å². The summed E-state index contributed by atoms with van der Waals surface area (Å²) in [6.45, 7) is 5.37. The first-order valence-electron chi connectivity index (χ1n) is 9.62. The Kier molecular flexibility index (Phi) is 6.77. The average Bonchev–Trinajstić information content (AvgIpc) is 2.69. The second-order valence-electron chi connectivity index (χ2n) is 7.46. The molecular weight excluding hydrogens is 412 g/mol. The minimum Gasteiger partial charge on any atom is -0.369 e. The van der Waals surface area contributed by atoms with E-state index < -0.39 is 11.6 Å². The average molecular weight is 436 g/mol. The van der Waals surface area contributed by atoms with Gasteiger partial charge in [0.1, 0.15) is 11.6 Å². The topological polar surface area (TPSA) is 74.0 Å². The third-order valence-electron chi connectivity index (χ3n) is 4.99. The number of urea groups is 1. The molecule has 2 aromatic carbocycles. The number of carbonyl (C=O) groups is 1. The van der Waals surface area contributed by atoms with Gasteiger partial charge in [-0.1, -0.05) is 31.5 Å². The zero-order valence-electron chi connectivity index (χ0n) is 16.8. The molecule has 30 heavy (non-hydrogen) atoms. The fourth-order valence-corrected chi connectivity index (χ4v) is 3.59. The second kappa shape index (κ2) is 9.30. The molecule has 1 unspecified atom stereocenters. The zero-order chi connectivity index (χ0) is 21.8. The van der Waals surface area contributed by atoms with Crippen molar-refractivity contribution in [3.05, 3.63) is 59.1 Å². The number of benzene rings is 2. The number of anilines is 1. The number of aliphatic imine (C=N–C) groups is 1. The van der Waals surface area contributed by atoms with Crippen LogP contribution in [0.15, 0.2) is 47.5 Å². The molecule has 1 fully saturated rings. The van der Waals surface area contributed by atoms with Gasteiger partial charge >= 0.3 is 6.03 Å². The van der Waals surface area contributed by atoms with Gasteiger partial charge in [-0.2, -0.15) is 0 Å². The largest absolute Gasteiger partial charge is 0.369 e. The minimum atomic E-state index is -0.449. The monoisotopic (exact) mass is 435 g/mol. The number of guanidine groups is 1. The van der Waals surface area contributed by atoms with E-state index in [-0.39, 0.29) is 29.0 Å². The van der Waals surface area contributed by atoms with Gasteiger partial charge in [0.25, 0.3) is 0 Å². The maximum absolute atomic E-state index is 13.4. The van der Waals surface area contributed by atoms with E-state index in [1.807, 2.05) is 18.7 Å². The van der Waals surface area contributed by atoms with Crippen LogP contribution in [0, 0.1) is 17.6 Å². The van der Waals surface area contributed by atoms with Crippen LogP contribution in [0.1, 0.15) is 13.8 Å². The lowest BCUT2D eigenvalue weighted by Gasteiger charge is -2.43. The van der Waals surface area contributed by atoms with Crippen molar-refractivity contribution >= 4 is 35.0 Å². The van der Waals surface area contributed by atoms with Gasteiger partial charge < -0.3 is 20.9 Å². The van der Waals surface area contributed by atoms with Crippen LogP contribution < -0.4 is 11.1 Å². The van der Waals surface area contributed by atoms with E-state index in [1.165, 1.54) is 36.4 Å². The van der Waals surface area contributed by atoms with Crippen molar-refractivity contribution in [1.29, 1.82) is 0 Å². The van der Waals surface area contributed by atoms with E-state index in [9.17, 15) is 13.6 Å². The number of amides is 2. The quantitative estimate of drug-likeness (QED) is 0.553. The van der Waals surface area contributed by atoms with Gasteiger partial charge in [-0.3, -0.25) is 0 Å². The Morgan fingerprint density at radius 3 is 2.60 bits per heavy atom. The van der Waals surface area contributed by atoms with E-state index in [1.54, 1.807) is 11.0 Å². The van der Waals surface area contributed by atoms with Gasteiger partial charge in [0.15, 0.2) is 5.96 Å². The maximum Gasteiger partial charge on any atom is 0.321 e. The molecule has 1 aliphatic rings. The number of piperazine rings is 1. The Morgan fingerprint density at radius 2 is 1.93 bits per heavy atom. The molecule has 0 aromatic heterocycles. The highest BCUT2D eigenvalue weighted by atomic mass is 35.5. The number of hydrogen-bond donors (Lipinski definition) is 2. The molecule has 0 spiro atoms. The molecule has 0 aliphatic carbocycles. The lowest BCUT2D eigenvalue weighted by molar-refractivity contribution is 0.119. The van der Waals surface area contributed by atoms with Crippen molar-refractivity contribution in [3.63, 3.8) is 0 Å². The van der Waals surface area contributed by atoms with Gasteiger partial charge in [0.2, 0.25) is 0 Å². The van der Waals surface area contributed by atoms with Crippen molar-refractivity contribution in [1.82, 2.24) is 9.80 Å². The van der Waals surface area contributed by atoms with E-state index in [2.05, 4.69) is 10.3 Å². The highest BCUT2D eigenvalue weighted by Gasteiger charge is 2.32. The molecule has 3 rings (SSSR count). The minimum absolute atomic E-state index is 0.0833. The normalized spacial score (nSPS) is 17.4. The summed E-state index contributed by atoms with van der Waals surface area (Å²) in [5.41, 5.74) is 7.02. The number of carbonyl (C=O) groups excluding carboxylic acids is 1. The molecule has 1 saturated heterocycles. The number of halogens is 3. The van der Waals surface area contributed by atoms with Crippen LogP contribution in [0.2, 0.25) is 5.02 Å². The maximum atomic E-state index is 13.4. The van der Waals surface area contributed by atoms with Crippen LogP contribution in [0.4, 0.5) is 25.0 Å². The molecule has 1 heterocycles. The third-order valence-corrected chi connectivity index (χ3v) is 5.29. The van der Waals surface area contributed by atoms with Gasteiger partial charge in [-0.25, -0.2) is 18.6 Å². The number of rotatable bonds is 3. The summed E-state index contributed by atoms with van der Waals surface area (Å²) >= 11 is 6.06. The predicted octanol–water partition coefficient (Wildman–Crippen LogP) is 4.44. The molecular formula is C21H24ClF2N5O.